The first-order chi connectivity index (χ1) is 15.8. The molecule has 172 valence electrons. The first-order valence-electron chi connectivity index (χ1n) is 10.6. The molecule has 7 nitrogen and oxygen atoms in total. The normalized spacial score (nSPS) is 18.8. The molecule has 1 fully saturated rings. The molecule has 1 saturated heterocycles. The predicted molar refractivity (Wildman–Crippen MR) is 120 cm³/mol. The van der Waals surface area contributed by atoms with Crippen molar-refractivity contribution in [3.05, 3.63) is 58.4 Å². The fourth-order valence-corrected chi connectivity index (χ4v) is 4.51. The van der Waals surface area contributed by atoms with Crippen LogP contribution in [0.4, 0.5) is 10.1 Å². The van der Waals surface area contributed by atoms with Gasteiger partial charge in [0.25, 0.3) is 5.91 Å². The minimum atomic E-state index is -0.768. The summed E-state index contributed by atoms with van der Waals surface area (Å²) in [6.07, 6.45) is 0.783. The fourth-order valence-electron chi connectivity index (χ4n) is 4.27. The molecule has 1 unspecified atom stereocenters. The van der Waals surface area contributed by atoms with Crippen molar-refractivity contribution in [1.82, 2.24) is 4.90 Å². The predicted octanol–water partition coefficient (Wildman–Crippen LogP) is 3.81. The summed E-state index contributed by atoms with van der Waals surface area (Å²) in [5.74, 6) is -0.737. The topological polar surface area (TPSA) is 91.7 Å². The van der Waals surface area contributed by atoms with E-state index >= 15 is 0 Å². The molecule has 9 heteroatoms. The van der Waals surface area contributed by atoms with E-state index in [4.69, 9.17) is 21.1 Å². The number of likely N-dealkylation sites (tertiary alicyclic amines) is 1. The maximum absolute atomic E-state index is 13.2. The molecule has 0 aliphatic carbocycles. The SMILES string of the molecule is COC(=O)c1cc2c(cc1Cl)NCC(C(=O)N1CCC(C#N)(Cc3ccc(F)cc3)CC1)O2. The highest BCUT2D eigenvalue weighted by atomic mass is 35.5. The van der Waals surface area contributed by atoms with Gasteiger partial charge < -0.3 is 19.7 Å². The first kappa shape index (κ1) is 22.9. The van der Waals surface area contributed by atoms with Gasteiger partial charge in [0.05, 0.1) is 41.4 Å². The minimum absolute atomic E-state index is 0.158. The number of amides is 1. The molecule has 0 aromatic heterocycles. The third-order valence-corrected chi connectivity index (χ3v) is 6.54. The molecule has 33 heavy (non-hydrogen) atoms. The Morgan fingerprint density at radius 2 is 2.00 bits per heavy atom. The number of halogens is 2. The molecule has 1 amide bonds. The summed E-state index contributed by atoms with van der Waals surface area (Å²) in [6, 6.07) is 11.6. The summed E-state index contributed by atoms with van der Waals surface area (Å²) in [5.41, 5.74) is 1.05. The fraction of sp³-hybridized carbons (Fsp3) is 0.375. The maximum Gasteiger partial charge on any atom is 0.339 e. The highest BCUT2D eigenvalue weighted by Gasteiger charge is 2.39. The minimum Gasteiger partial charge on any atom is -0.477 e. The molecule has 0 spiro atoms. The monoisotopic (exact) mass is 471 g/mol. The number of fused-ring (bicyclic) bond motifs is 1. The molecule has 1 N–H and O–H groups in total. The quantitative estimate of drug-likeness (QED) is 0.682. The standard InChI is InChI=1S/C24H23ClFN3O4/c1-32-23(31)17-10-20-19(11-18(17)25)28-13-21(33-20)22(30)29-8-6-24(14-27,7-9-29)12-15-2-4-16(26)5-3-15/h2-5,10-11,21,28H,6-9,12-13H2,1H3. The number of carbonyl (C=O) groups is 2. The van der Waals surface area contributed by atoms with Crippen LogP contribution in [-0.2, 0) is 16.0 Å². The Morgan fingerprint density at radius 3 is 2.64 bits per heavy atom. The molecule has 0 saturated carbocycles. The number of nitriles is 1. The Bertz CT molecular complexity index is 1110. The molecule has 2 aliphatic rings. The summed E-state index contributed by atoms with van der Waals surface area (Å²) in [4.78, 5) is 26.7. The van der Waals surface area contributed by atoms with Crippen molar-refractivity contribution in [2.45, 2.75) is 25.4 Å². The Hall–Kier alpha value is -3.31. The number of anilines is 1. The van der Waals surface area contributed by atoms with Crippen molar-refractivity contribution in [3.63, 3.8) is 0 Å². The Labute approximate surface area is 196 Å². The Kier molecular flexibility index (Phi) is 6.43. The van der Waals surface area contributed by atoms with Gasteiger partial charge in [-0.25, -0.2) is 9.18 Å². The number of piperidine rings is 1. The number of nitrogens with one attached hydrogen (secondary N) is 1. The summed E-state index contributed by atoms with van der Waals surface area (Å²) < 4.78 is 23.8. The third kappa shape index (κ3) is 4.74. The number of nitrogens with zero attached hydrogens (tertiary/aromatic N) is 2. The van der Waals surface area contributed by atoms with Crippen LogP contribution in [0, 0.1) is 22.6 Å². The van der Waals surface area contributed by atoms with Crippen LogP contribution in [0.15, 0.2) is 36.4 Å². The van der Waals surface area contributed by atoms with Crippen LogP contribution in [0.2, 0.25) is 5.02 Å². The number of hydrogen-bond donors (Lipinski definition) is 1. The van der Waals surface area contributed by atoms with Crippen LogP contribution in [0.1, 0.15) is 28.8 Å². The van der Waals surface area contributed by atoms with E-state index in [-0.39, 0.29) is 28.9 Å². The molecular weight excluding hydrogens is 449 g/mol. The lowest BCUT2D eigenvalue weighted by Crippen LogP contribution is -2.51. The van der Waals surface area contributed by atoms with Crippen LogP contribution in [0.5, 0.6) is 5.75 Å². The number of hydrogen-bond acceptors (Lipinski definition) is 6. The van der Waals surface area contributed by atoms with Gasteiger partial charge in [-0.2, -0.15) is 5.26 Å². The van der Waals surface area contributed by atoms with Crippen molar-refractivity contribution < 1.29 is 23.5 Å². The molecule has 2 heterocycles. The molecule has 2 aromatic carbocycles. The van der Waals surface area contributed by atoms with E-state index in [1.54, 1.807) is 23.1 Å². The van der Waals surface area contributed by atoms with E-state index in [0.717, 1.165) is 5.56 Å². The van der Waals surface area contributed by atoms with Crippen LogP contribution in [0.3, 0.4) is 0 Å². The van der Waals surface area contributed by atoms with Crippen molar-refractivity contribution >= 4 is 29.2 Å². The van der Waals surface area contributed by atoms with Gasteiger partial charge in [0.15, 0.2) is 6.10 Å². The van der Waals surface area contributed by atoms with Crippen LogP contribution >= 0.6 is 11.6 Å². The lowest BCUT2D eigenvalue weighted by atomic mass is 9.75. The molecule has 2 aromatic rings. The summed E-state index contributed by atoms with van der Waals surface area (Å²) in [7, 11) is 1.26. The number of carbonyl (C=O) groups excluding carboxylic acids is 2. The highest BCUT2D eigenvalue weighted by Crippen LogP contribution is 2.37. The molecule has 4 rings (SSSR count). The van der Waals surface area contributed by atoms with Gasteiger partial charge in [0.1, 0.15) is 11.6 Å². The van der Waals surface area contributed by atoms with Gasteiger partial charge in [-0.05, 0) is 49.1 Å². The number of methoxy groups -OCH3 is 1. The number of ether oxygens (including phenoxy) is 2. The van der Waals surface area contributed by atoms with E-state index in [9.17, 15) is 19.2 Å². The summed E-state index contributed by atoms with van der Waals surface area (Å²) in [6.45, 7) is 1.11. The van der Waals surface area contributed by atoms with Gasteiger partial charge >= 0.3 is 5.97 Å². The van der Waals surface area contributed by atoms with Crippen LogP contribution < -0.4 is 10.1 Å². The summed E-state index contributed by atoms with van der Waals surface area (Å²) >= 11 is 6.15. The molecule has 2 aliphatic heterocycles. The van der Waals surface area contributed by atoms with Gasteiger partial charge in [-0.1, -0.05) is 23.7 Å². The lowest BCUT2D eigenvalue weighted by Gasteiger charge is -2.39. The third-order valence-electron chi connectivity index (χ3n) is 6.22. The smallest absolute Gasteiger partial charge is 0.339 e. The second kappa shape index (κ2) is 9.28. The van der Waals surface area contributed by atoms with Crippen LogP contribution in [0.25, 0.3) is 0 Å². The average molecular weight is 472 g/mol. The van der Waals surface area contributed by atoms with Gasteiger partial charge in [0.2, 0.25) is 0 Å². The van der Waals surface area contributed by atoms with E-state index in [2.05, 4.69) is 11.4 Å². The van der Waals surface area contributed by atoms with Gasteiger partial charge in [0, 0.05) is 13.1 Å². The zero-order valence-electron chi connectivity index (χ0n) is 18.1. The van der Waals surface area contributed by atoms with E-state index in [1.165, 1.54) is 25.3 Å². The Morgan fingerprint density at radius 1 is 1.30 bits per heavy atom. The highest BCUT2D eigenvalue weighted by molar-refractivity contribution is 6.34. The van der Waals surface area contributed by atoms with Gasteiger partial charge in [-0.15, -0.1) is 0 Å². The molecular formula is C24H23ClFN3O4. The van der Waals surface area contributed by atoms with E-state index < -0.39 is 17.5 Å². The summed E-state index contributed by atoms with van der Waals surface area (Å²) in [5, 5.41) is 13.2. The van der Waals surface area contributed by atoms with E-state index in [1.807, 2.05) is 0 Å². The molecule has 1 atom stereocenters. The lowest BCUT2D eigenvalue weighted by molar-refractivity contribution is -0.140. The second-order valence-corrected chi connectivity index (χ2v) is 8.74. The van der Waals surface area contributed by atoms with Crippen molar-refractivity contribution in [2.75, 3.05) is 32.1 Å². The van der Waals surface area contributed by atoms with Crippen LogP contribution in [-0.4, -0.2) is 49.6 Å². The maximum atomic E-state index is 13.2. The zero-order valence-corrected chi connectivity index (χ0v) is 18.8. The van der Waals surface area contributed by atoms with Crippen molar-refractivity contribution in [1.29, 1.82) is 5.26 Å². The zero-order chi connectivity index (χ0) is 23.6. The molecule has 0 bridgehead atoms. The van der Waals surface area contributed by atoms with E-state index in [0.29, 0.717) is 43.8 Å². The largest absolute Gasteiger partial charge is 0.477 e. The van der Waals surface area contributed by atoms with Crippen molar-refractivity contribution in [3.8, 4) is 11.8 Å². The second-order valence-electron chi connectivity index (χ2n) is 8.33. The molecule has 0 radical (unpaired) electrons. The number of benzene rings is 2. The number of rotatable bonds is 4. The Balaban J connectivity index is 1.41. The average Bonchev–Trinajstić information content (AvgIpc) is 2.84. The van der Waals surface area contributed by atoms with Crippen molar-refractivity contribution in [2.24, 2.45) is 5.41 Å². The number of esters is 1. The van der Waals surface area contributed by atoms with Gasteiger partial charge in [-0.3, -0.25) is 4.79 Å². The first-order valence-corrected chi connectivity index (χ1v) is 11.0.